The molecule has 3 heterocycles. The molecule has 110 valence electrons. The second kappa shape index (κ2) is 6.41. The Hall–Kier alpha value is -1.33. The molecule has 3 rings (SSSR count). The average molecular weight is 277 g/mol. The molecular weight excluding hydrogens is 254 g/mol. The Labute approximate surface area is 120 Å². The van der Waals surface area contributed by atoms with Gasteiger partial charge in [0, 0.05) is 25.2 Å². The standard InChI is InChI=1S/C15H23N3O2/c1-2-19-15-7-3-6-14(17-15)16-9-13-10-18-8-4-5-12(18)11-20-13/h3,6-7,12-13H,2,4-5,8-11H2,1H3,(H,16,17). The number of rotatable bonds is 5. The van der Waals surface area contributed by atoms with Gasteiger partial charge >= 0.3 is 0 Å². The van der Waals surface area contributed by atoms with Crippen LogP contribution < -0.4 is 10.1 Å². The number of morpholine rings is 1. The monoisotopic (exact) mass is 277 g/mol. The van der Waals surface area contributed by atoms with E-state index in [2.05, 4.69) is 15.2 Å². The highest BCUT2D eigenvalue weighted by molar-refractivity contribution is 5.37. The van der Waals surface area contributed by atoms with E-state index in [0.717, 1.165) is 25.5 Å². The highest BCUT2D eigenvalue weighted by Crippen LogP contribution is 2.22. The molecule has 0 saturated carbocycles. The average Bonchev–Trinajstić information content (AvgIpc) is 2.93. The number of pyridine rings is 1. The molecule has 1 aromatic rings. The number of aromatic nitrogens is 1. The third-order valence-corrected chi connectivity index (χ3v) is 3.99. The van der Waals surface area contributed by atoms with Gasteiger partial charge in [0.1, 0.15) is 5.82 Å². The fourth-order valence-corrected chi connectivity index (χ4v) is 2.97. The number of hydrogen-bond acceptors (Lipinski definition) is 5. The van der Waals surface area contributed by atoms with Gasteiger partial charge in [0.25, 0.3) is 0 Å². The molecule has 2 aliphatic rings. The number of ether oxygens (including phenoxy) is 2. The zero-order valence-corrected chi connectivity index (χ0v) is 12.0. The van der Waals surface area contributed by atoms with Gasteiger partial charge in [-0.15, -0.1) is 0 Å². The Morgan fingerprint density at radius 3 is 3.35 bits per heavy atom. The quantitative estimate of drug-likeness (QED) is 0.888. The molecule has 0 radical (unpaired) electrons. The van der Waals surface area contributed by atoms with Crippen molar-refractivity contribution in [2.24, 2.45) is 0 Å². The van der Waals surface area contributed by atoms with Crippen LogP contribution in [0.2, 0.25) is 0 Å². The highest BCUT2D eigenvalue weighted by Gasteiger charge is 2.31. The largest absolute Gasteiger partial charge is 0.478 e. The van der Waals surface area contributed by atoms with E-state index in [9.17, 15) is 0 Å². The van der Waals surface area contributed by atoms with E-state index in [0.29, 0.717) is 18.5 Å². The van der Waals surface area contributed by atoms with Crippen LogP contribution in [0.15, 0.2) is 18.2 Å². The molecule has 1 aromatic heterocycles. The van der Waals surface area contributed by atoms with Crippen LogP contribution in [0.5, 0.6) is 5.88 Å². The van der Waals surface area contributed by atoms with E-state index in [1.807, 2.05) is 25.1 Å². The number of hydrogen-bond donors (Lipinski definition) is 1. The molecule has 2 unspecified atom stereocenters. The van der Waals surface area contributed by atoms with Crippen molar-refractivity contribution in [1.29, 1.82) is 0 Å². The van der Waals surface area contributed by atoms with Crippen molar-refractivity contribution >= 4 is 5.82 Å². The molecule has 0 aliphatic carbocycles. The first-order valence-electron chi connectivity index (χ1n) is 7.54. The minimum Gasteiger partial charge on any atom is -0.478 e. The van der Waals surface area contributed by atoms with E-state index in [4.69, 9.17) is 9.47 Å². The van der Waals surface area contributed by atoms with Crippen molar-refractivity contribution in [3.05, 3.63) is 18.2 Å². The van der Waals surface area contributed by atoms with E-state index in [1.165, 1.54) is 19.4 Å². The molecule has 5 nitrogen and oxygen atoms in total. The van der Waals surface area contributed by atoms with Crippen molar-refractivity contribution in [3.8, 4) is 5.88 Å². The second-order valence-electron chi connectivity index (χ2n) is 5.42. The molecular formula is C15H23N3O2. The Kier molecular flexibility index (Phi) is 4.38. The van der Waals surface area contributed by atoms with E-state index in [1.54, 1.807) is 0 Å². The van der Waals surface area contributed by atoms with Crippen LogP contribution in [-0.4, -0.2) is 54.9 Å². The van der Waals surface area contributed by atoms with Crippen LogP contribution in [0.3, 0.4) is 0 Å². The lowest BCUT2D eigenvalue weighted by Gasteiger charge is -2.35. The molecule has 0 aromatic carbocycles. The molecule has 5 heteroatoms. The minimum atomic E-state index is 0.252. The van der Waals surface area contributed by atoms with Gasteiger partial charge in [-0.3, -0.25) is 4.90 Å². The number of nitrogens with one attached hydrogen (secondary N) is 1. The number of nitrogens with zero attached hydrogens (tertiary/aromatic N) is 2. The van der Waals surface area contributed by atoms with Crippen LogP contribution in [0.1, 0.15) is 19.8 Å². The highest BCUT2D eigenvalue weighted by atomic mass is 16.5. The zero-order chi connectivity index (χ0) is 13.8. The summed E-state index contributed by atoms with van der Waals surface area (Å²) in [6.07, 6.45) is 2.85. The van der Waals surface area contributed by atoms with E-state index < -0.39 is 0 Å². The van der Waals surface area contributed by atoms with Crippen LogP contribution in [-0.2, 0) is 4.74 Å². The third-order valence-electron chi connectivity index (χ3n) is 3.99. The van der Waals surface area contributed by atoms with Gasteiger partial charge in [-0.25, -0.2) is 0 Å². The maximum Gasteiger partial charge on any atom is 0.215 e. The summed E-state index contributed by atoms with van der Waals surface area (Å²) in [7, 11) is 0. The summed E-state index contributed by atoms with van der Waals surface area (Å²) in [5.74, 6) is 1.52. The maximum atomic E-state index is 5.93. The molecule has 1 N–H and O–H groups in total. The second-order valence-corrected chi connectivity index (χ2v) is 5.42. The Balaban J connectivity index is 1.50. The van der Waals surface area contributed by atoms with E-state index in [-0.39, 0.29) is 6.10 Å². The summed E-state index contributed by atoms with van der Waals surface area (Å²) in [4.78, 5) is 6.97. The van der Waals surface area contributed by atoms with Gasteiger partial charge < -0.3 is 14.8 Å². The smallest absolute Gasteiger partial charge is 0.215 e. The molecule has 2 saturated heterocycles. The summed E-state index contributed by atoms with van der Waals surface area (Å²) < 4.78 is 11.3. The normalized spacial score (nSPS) is 26.2. The summed E-state index contributed by atoms with van der Waals surface area (Å²) >= 11 is 0. The van der Waals surface area contributed by atoms with Gasteiger partial charge in [-0.2, -0.15) is 4.98 Å². The fourth-order valence-electron chi connectivity index (χ4n) is 2.97. The fraction of sp³-hybridized carbons (Fsp3) is 0.667. The molecule has 0 spiro atoms. The first-order chi connectivity index (χ1) is 9.85. The van der Waals surface area contributed by atoms with Crippen LogP contribution >= 0.6 is 0 Å². The van der Waals surface area contributed by atoms with Crippen molar-refractivity contribution < 1.29 is 9.47 Å². The molecule has 20 heavy (non-hydrogen) atoms. The Morgan fingerprint density at radius 1 is 1.50 bits per heavy atom. The van der Waals surface area contributed by atoms with Crippen molar-refractivity contribution in [3.63, 3.8) is 0 Å². The third kappa shape index (κ3) is 3.22. The van der Waals surface area contributed by atoms with Gasteiger partial charge in [0.05, 0.1) is 19.3 Å². The summed E-state index contributed by atoms with van der Waals surface area (Å²) in [6.45, 7) is 6.53. The predicted molar refractivity (Wildman–Crippen MR) is 78.2 cm³/mol. The van der Waals surface area contributed by atoms with Crippen molar-refractivity contribution in [2.75, 3.05) is 38.2 Å². The van der Waals surface area contributed by atoms with Gasteiger partial charge in [0.2, 0.25) is 5.88 Å². The lowest BCUT2D eigenvalue weighted by molar-refractivity contribution is -0.0416. The zero-order valence-electron chi connectivity index (χ0n) is 12.0. The summed E-state index contributed by atoms with van der Waals surface area (Å²) in [5.41, 5.74) is 0. The SMILES string of the molecule is CCOc1cccc(NCC2CN3CCCC3CO2)n1. The number of fused-ring (bicyclic) bond motifs is 1. The lowest BCUT2D eigenvalue weighted by atomic mass is 10.2. The summed E-state index contributed by atoms with van der Waals surface area (Å²) in [6, 6.07) is 6.45. The first-order valence-corrected chi connectivity index (χ1v) is 7.54. The maximum absolute atomic E-state index is 5.93. The summed E-state index contributed by atoms with van der Waals surface area (Å²) in [5, 5.41) is 3.35. The van der Waals surface area contributed by atoms with Gasteiger partial charge in [-0.1, -0.05) is 6.07 Å². The number of anilines is 1. The van der Waals surface area contributed by atoms with Gasteiger partial charge in [-0.05, 0) is 32.4 Å². The van der Waals surface area contributed by atoms with E-state index >= 15 is 0 Å². The van der Waals surface area contributed by atoms with Crippen LogP contribution in [0.4, 0.5) is 5.82 Å². The molecule has 2 atom stereocenters. The molecule has 0 bridgehead atoms. The Morgan fingerprint density at radius 2 is 2.45 bits per heavy atom. The molecule has 0 amide bonds. The Bertz CT molecular complexity index is 441. The molecule has 2 aliphatic heterocycles. The topological polar surface area (TPSA) is 46.6 Å². The first kappa shape index (κ1) is 13.6. The van der Waals surface area contributed by atoms with Crippen molar-refractivity contribution in [1.82, 2.24) is 9.88 Å². The minimum absolute atomic E-state index is 0.252. The lowest BCUT2D eigenvalue weighted by Crippen LogP contribution is -2.48. The van der Waals surface area contributed by atoms with Gasteiger partial charge in [0.15, 0.2) is 0 Å². The van der Waals surface area contributed by atoms with Crippen LogP contribution in [0, 0.1) is 0 Å². The molecule has 2 fully saturated rings. The van der Waals surface area contributed by atoms with Crippen molar-refractivity contribution in [2.45, 2.75) is 31.9 Å². The predicted octanol–water partition coefficient (Wildman–Crippen LogP) is 1.76. The van der Waals surface area contributed by atoms with Crippen LogP contribution in [0.25, 0.3) is 0 Å².